The van der Waals surface area contributed by atoms with Crippen LogP contribution in [-0.2, 0) is 7.05 Å². The average Bonchev–Trinajstić information content (AvgIpc) is 2.65. The van der Waals surface area contributed by atoms with Gasteiger partial charge in [0.2, 0.25) is 11.8 Å². The number of anilines is 1. The first-order valence-corrected chi connectivity index (χ1v) is 4.88. The zero-order valence-electron chi connectivity index (χ0n) is 9.08. The molecule has 0 spiro atoms. The van der Waals surface area contributed by atoms with Crippen LogP contribution < -0.4 is 10.1 Å². The van der Waals surface area contributed by atoms with Crippen LogP contribution in [-0.4, -0.2) is 31.3 Å². The highest BCUT2D eigenvalue weighted by Crippen LogP contribution is 2.14. The Kier molecular flexibility index (Phi) is 2.95. The highest BCUT2D eigenvalue weighted by atomic mass is 16.5. The van der Waals surface area contributed by atoms with Gasteiger partial charge in [-0.15, -0.1) is 5.10 Å². The van der Waals surface area contributed by atoms with Gasteiger partial charge in [-0.1, -0.05) is 0 Å². The van der Waals surface area contributed by atoms with Gasteiger partial charge in [0.1, 0.15) is 6.33 Å². The smallest absolute Gasteiger partial charge is 0.342 e. The van der Waals surface area contributed by atoms with Crippen LogP contribution in [0.15, 0.2) is 18.6 Å². The van der Waals surface area contributed by atoms with Crippen molar-refractivity contribution in [3.05, 3.63) is 18.6 Å². The predicted molar refractivity (Wildman–Crippen MR) is 57.3 cm³/mol. The molecule has 0 radical (unpaired) electrons. The first kappa shape index (κ1) is 10.3. The topological polar surface area (TPSA) is 77.8 Å². The van der Waals surface area contributed by atoms with E-state index in [1.807, 2.05) is 6.92 Å². The standard InChI is InChI=1S/C9H12N6O/c1-3-10-8-11-5-4-7(13-8)16-9-12-6-15(2)14-9/h4-6H,3H2,1-2H3,(H,10,11,13). The van der Waals surface area contributed by atoms with Crippen LogP contribution in [0.5, 0.6) is 11.9 Å². The lowest BCUT2D eigenvalue weighted by Gasteiger charge is -2.02. The van der Waals surface area contributed by atoms with Gasteiger partial charge in [0, 0.05) is 25.9 Å². The van der Waals surface area contributed by atoms with Crippen LogP contribution >= 0.6 is 0 Å². The first-order valence-electron chi connectivity index (χ1n) is 4.88. The van der Waals surface area contributed by atoms with E-state index < -0.39 is 0 Å². The van der Waals surface area contributed by atoms with Crippen molar-refractivity contribution in [2.75, 3.05) is 11.9 Å². The van der Waals surface area contributed by atoms with E-state index in [0.29, 0.717) is 11.8 Å². The zero-order valence-corrected chi connectivity index (χ0v) is 9.08. The molecule has 16 heavy (non-hydrogen) atoms. The summed E-state index contributed by atoms with van der Waals surface area (Å²) in [4.78, 5) is 12.1. The molecule has 84 valence electrons. The molecular formula is C9H12N6O. The summed E-state index contributed by atoms with van der Waals surface area (Å²) in [5.74, 6) is 0.938. The Morgan fingerprint density at radius 1 is 1.44 bits per heavy atom. The number of nitrogens with zero attached hydrogens (tertiary/aromatic N) is 5. The number of nitrogens with one attached hydrogen (secondary N) is 1. The second-order valence-corrected chi connectivity index (χ2v) is 3.05. The van der Waals surface area contributed by atoms with E-state index in [1.165, 1.54) is 0 Å². The molecule has 0 atom stereocenters. The summed E-state index contributed by atoms with van der Waals surface area (Å²) in [5, 5.41) is 6.97. The number of hydrogen-bond acceptors (Lipinski definition) is 6. The van der Waals surface area contributed by atoms with Crippen molar-refractivity contribution in [3.8, 4) is 11.9 Å². The quantitative estimate of drug-likeness (QED) is 0.822. The third-order valence-electron chi connectivity index (χ3n) is 1.74. The van der Waals surface area contributed by atoms with E-state index in [0.717, 1.165) is 6.54 Å². The Hall–Kier alpha value is -2.18. The molecule has 0 aliphatic heterocycles. The fraction of sp³-hybridized carbons (Fsp3) is 0.333. The summed E-state index contributed by atoms with van der Waals surface area (Å²) in [6.07, 6.45) is 3.17. The maximum Gasteiger partial charge on any atom is 0.342 e. The molecule has 0 bridgehead atoms. The van der Waals surface area contributed by atoms with E-state index in [4.69, 9.17) is 4.74 Å². The van der Waals surface area contributed by atoms with Gasteiger partial charge in [-0.25, -0.2) is 4.98 Å². The SMILES string of the molecule is CCNc1nccc(Oc2ncn(C)n2)n1. The fourth-order valence-electron chi connectivity index (χ4n) is 1.10. The monoisotopic (exact) mass is 220 g/mol. The molecule has 1 N–H and O–H groups in total. The number of hydrogen-bond donors (Lipinski definition) is 1. The highest BCUT2D eigenvalue weighted by Gasteiger charge is 2.04. The van der Waals surface area contributed by atoms with Crippen LogP contribution in [0, 0.1) is 0 Å². The molecule has 2 heterocycles. The largest absolute Gasteiger partial charge is 0.404 e. The van der Waals surface area contributed by atoms with Crippen molar-refractivity contribution in [1.29, 1.82) is 0 Å². The third kappa shape index (κ3) is 2.44. The van der Waals surface area contributed by atoms with E-state index in [2.05, 4.69) is 25.4 Å². The molecule has 0 saturated heterocycles. The molecule has 0 saturated carbocycles. The summed E-state index contributed by atoms with van der Waals surface area (Å²) < 4.78 is 6.91. The normalized spacial score (nSPS) is 10.1. The molecule has 7 heteroatoms. The lowest BCUT2D eigenvalue weighted by molar-refractivity contribution is 0.422. The zero-order chi connectivity index (χ0) is 11.4. The first-order chi connectivity index (χ1) is 7.78. The predicted octanol–water partition coefficient (Wildman–Crippen LogP) is 0.829. The molecule has 0 aliphatic carbocycles. The minimum atomic E-state index is 0.267. The van der Waals surface area contributed by atoms with E-state index in [-0.39, 0.29) is 6.01 Å². The van der Waals surface area contributed by atoms with Crippen LogP contribution in [0.1, 0.15) is 6.92 Å². The van der Waals surface area contributed by atoms with Crippen molar-refractivity contribution in [1.82, 2.24) is 24.7 Å². The van der Waals surface area contributed by atoms with Gasteiger partial charge < -0.3 is 10.1 Å². The Balaban J connectivity index is 2.12. The Bertz CT molecular complexity index is 469. The number of ether oxygens (including phenoxy) is 1. The second kappa shape index (κ2) is 4.56. The lowest BCUT2D eigenvalue weighted by Crippen LogP contribution is -2.02. The molecule has 2 aromatic rings. The molecule has 0 fully saturated rings. The summed E-state index contributed by atoms with van der Waals surface area (Å²) in [7, 11) is 1.77. The Morgan fingerprint density at radius 3 is 3.00 bits per heavy atom. The van der Waals surface area contributed by atoms with E-state index in [1.54, 1.807) is 30.3 Å². The van der Waals surface area contributed by atoms with E-state index >= 15 is 0 Å². The maximum absolute atomic E-state index is 5.35. The van der Waals surface area contributed by atoms with Gasteiger partial charge in [-0.05, 0) is 6.92 Å². The van der Waals surface area contributed by atoms with Gasteiger partial charge in [0.05, 0.1) is 0 Å². The summed E-state index contributed by atoms with van der Waals surface area (Å²) >= 11 is 0. The minimum Gasteiger partial charge on any atom is -0.404 e. The Morgan fingerprint density at radius 2 is 2.31 bits per heavy atom. The van der Waals surface area contributed by atoms with E-state index in [9.17, 15) is 0 Å². The molecular weight excluding hydrogens is 208 g/mol. The second-order valence-electron chi connectivity index (χ2n) is 3.05. The van der Waals surface area contributed by atoms with Crippen LogP contribution in [0.4, 0.5) is 5.95 Å². The van der Waals surface area contributed by atoms with Crippen molar-refractivity contribution in [3.63, 3.8) is 0 Å². The number of aryl methyl sites for hydroxylation is 1. The maximum atomic E-state index is 5.35. The van der Waals surface area contributed by atoms with Crippen molar-refractivity contribution in [2.24, 2.45) is 7.05 Å². The van der Waals surface area contributed by atoms with Crippen LogP contribution in [0.3, 0.4) is 0 Å². The summed E-state index contributed by atoms with van der Waals surface area (Å²) in [6, 6.07) is 1.92. The lowest BCUT2D eigenvalue weighted by atomic mass is 10.6. The fourth-order valence-corrected chi connectivity index (χ4v) is 1.10. The van der Waals surface area contributed by atoms with Crippen molar-refractivity contribution in [2.45, 2.75) is 6.92 Å². The molecule has 2 aromatic heterocycles. The molecule has 0 amide bonds. The number of aromatic nitrogens is 5. The van der Waals surface area contributed by atoms with Crippen LogP contribution in [0.2, 0.25) is 0 Å². The van der Waals surface area contributed by atoms with Gasteiger partial charge in [-0.3, -0.25) is 4.68 Å². The highest BCUT2D eigenvalue weighted by molar-refractivity contribution is 5.27. The molecule has 2 rings (SSSR count). The molecule has 0 unspecified atom stereocenters. The average molecular weight is 220 g/mol. The third-order valence-corrected chi connectivity index (χ3v) is 1.74. The van der Waals surface area contributed by atoms with Gasteiger partial charge in [0.25, 0.3) is 0 Å². The molecule has 0 aromatic carbocycles. The van der Waals surface area contributed by atoms with Crippen molar-refractivity contribution < 1.29 is 4.74 Å². The van der Waals surface area contributed by atoms with Gasteiger partial charge in [0.15, 0.2) is 0 Å². The van der Waals surface area contributed by atoms with Crippen molar-refractivity contribution >= 4 is 5.95 Å². The Labute approximate surface area is 92.5 Å². The molecule has 7 nitrogen and oxygen atoms in total. The summed E-state index contributed by atoms with van der Waals surface area (Å²) in [5.41, 5.74) is 0. The van der Waals surface area contributed by atoms with Crippen LogP contribution in [0.25, 0.3) is 0 Å². The van der Waals surface area contributed by atoms with Gasteiger partial charge in [-0.2, -0.15) is 9.97 Å². The number of rotatable bonds is 4. The minimum absolute atomic E-state index is 0.267. The molecule has 0 aliphatic rings. The van der Waals surface area contributed by atoms with Gasteiger partial charge >= 0.3 is 6.01 Å². The summed E-state index contributed by atoms with van der Waals surface area (Å²) in [6.45, 7) is 2.72.